The van der Waals surface area contributed by atoms with Crippen LogP contribution in [0.4, 0.5) is 4.39 Å². The van der Waals surface area contributed by atoms with Crippen LogP contribution in [0, 0.1) is 5.82 Å². The first kappa shape index (κ1) is 8.92. The van der Waals surface area contributed by atoms with E-state index in [1.165, 1.54) is 6.07 Å². The van der Waals surface area contributed by atoms with Gasteiger partial charge in [0.05, 0.1) is 6.26 Å². The van der Waals surface area contributed by atoms with Crippen LogP contribution in [0.3, 0.4) is 0 Å². The number of benzene rings is 1. The average Bonchev–Trinajstić information content (AvgIpc) is 2.85. The number of rotatable bonds is 1. The van der Waals surface area contributed by atoms with Crippen LogP contribution in [0.1, 0.15) is 17.9 Å². The van der Waals surface area contributed by atoms with E-state index >= 15 is 0 Å². The second-order valence-electron chi connectivity index (χ2n) is 3.98. The largest absolute Gasteiger partial charge is 0.464 e. The van der Waals surface area contributed by atoms with Gasteiger partial charge in [0.2, 0.25) is 0 Å². The Hall–Kier alpha value is -1.35. The molecule has 1 aliphatic rings. The molecule has 0 bridgehead atoms. The van der Waals surface area contributed by atoms with Crippen molar-refractivity contribution >= 4 is 11.0 Å². The lowest BCUT2D eigenvalue weighted by molar-refractivity contribution is 0.587. The van der Waals surface area contributed by atoms with Crippen molar-refractivity contribution in [3.63, 3.8) is 0 Å². The predicted molar refractivity (Wildman–Crippen MR) is 56.4 cm³/mol. The maximum absolute atomic E-state index is 13.8. The summed E-state index contributed by atoms with van der Waals surface area (Å²) in [4.78, 5) is 0. The third-order valence-electron chi connectivity index (χ3n) is 3.09. The van der Waals surface area contributed by atoms with Gasteiger partial charge in [-0.25, -0.2) is 4.39 Å². The molecule has 1 unspecified atom stereocenters. The SMILES string of the molecule is Fc1ccc2occc2c1C1CCNC1. The van der Waals surface area contributed by atoms with Gasteiger partial charge in [-0.15, -0.1) is 0 Å². The molecule has 15 heavy (non-hydrogen) atoms. The highest BCUT2D eigenvalue weighted by molar-refractivity contribution is 5.81. The number of hydrogen-bond acceptors (Lipinski definition) is 2. The zero-order chi connectivity index (χ0) is 10.3. The second kappa shape index (κ2) is 3.35. The predicted octanol–water partition coefficient (Wildman–Crippen LogP) is 2.65. The Bertz CT molecular complexity index is 485. The quantitative estimate of drug-likeness (QED) is 0.774. The van der Waals surface area contributed by atoms with Crippen LogP contribution in [-0.2, 0) is 0 Å². The number of hydrogen-bond donors (Lipinski definition) is 1. The number of fused-ring (bicyclic) bond motifs is 1. The van der Waals surface area contributed by atoms with Gasteiger partial charge in [-0.2, -0.15) is 0 Å². The fourth-order valence-corrected chi connectivity index (χ4v) is 2.36. The van der Waals surface area contributed by atoms with Crippen molar-refractivity contribution in [1.29, 1.82) is 0 Å². The summed E-state index contributed by atoms with van der Waals surface area (Å²) in [6, 6.07) is 5.04. The summed E-state index contributed by atoms with van der Waals surface area (Å²) in [7, 11) is 0. The van der Waals surface area contributed by atoms with E-state index in [0.29, 0.717) is 0 Å². The Morgan fingerprint density at radius 3 is 3.07 bits per heavy atom. The topological polar surface area (TPSA) is 25.2 Å². The minimum Gasteiger partial charge on any atom is -0.464 e. The van der Waals surface area contributed by atoms with Crippen molar-refractivity contribution in [1.82, 2.24) is 5.32 Å². The molecule has 0 radical (unpaired) electrons. The van der Waals surface area contributed by atoms with Crippen molar-refractivity contribution in [2.45, 2.75) is 12.3 Å². The lowest BCUT2D eigenvalue weighted by Gasteiger charge is -2.10. The van der Waals surface area contributed by atoms with E-state index in [1.807, 2.05) is 6.07 Å². The van der Waals surface area contributed by atoms with Crippen molar-refractivity contribution in [3.8, 4) is 0 Å². The molecule has 2 nitrogen and oxygen atoms in total. The van der Waals surface area contributed by atoms with E-state index in [-0.39, 0.29) is 11.7 Å². The van der Waals surface area contributed by atoms with Crippen LogP contribution in [0.5, 0.6) is 0 Å². The Balaban J connectivity index is 2.21. The average molecular weight is 205 g/mol. The highest BCUT2D eigenvalue weighted by Gasteiger charge is 2.22. The third-order valence-corrected chi connectivity index (χ3v) is 3.09. The Labute approximate surface area is 87.1 Å². The molecule has 0 spiro atoms. The lowest BCUT2D eigenvalue weighted by Crippen LogP contribution is -2.09. The van der Waals surface area contributed by atoms with Gasteiger partial charge in [0.1, 0.15) is 11.4 Å². The summed E-state index contributed by atoms with van der Waals surface area (Å²) in [5.41, 5.74) is 1.59. The first-order valence-electron chi connectivity index (χ1n) is 5.22. The summed E-state index contributed by atoms with van der Waals surface area (Å²) in [6.45, 7) is 1.83. The van der Waals surface area contributed by atoms with E-state index in [0.717, 1.165) is 36.0 Å². The molecule has 2 heterocycles. The van der Waals surface area contributed by atoms with Crippen molar-refractivity contribution in [2.24, 2.45) is 0 Å². The minimum atomic E-state index is -0.113. The standard InChI is InChI=1S/C12H12FNO/c13-10-1-2-11-9(4-6-15-11)12(10)8-3-5-14-7-8/h1-2,4,6,8,14H,3,5,7H2. The molecule has 0 saturated carbocycles. The molecule has 0 amide bonds. The molecule has 2 aromatic rings. The van der Waals surface area contributed by atoms with Crippen molar-refractivity contribution in [2.75, 3.05) is 13.1 Å². The van der Waals surface area contributed by atoms with E-state index < -0.39 is 0 Å². The maximum Gasteiger partial charge on any atom is 0.134 e. The van der Waals surface area contributed by atoms with Gasteiger partial charge in [-0.05, 0) is 31.2 Å². The normalized spacial score (nSPS) is 21.3. The molecule has 0 aliphatic carbocycles. The summed E-state index contributed by atoms with van der Waals surface area (Å²) < 4.78 is 19.1. The van der Waals surface area contributed by atoms with Crippen molar-refractivity contribution < 1.29 is 8.81 Å². The van der Waals surface area contributed by atoms with Gasteiger partial charge in [-0.1, -0.05) is 0 Å². The molecular formula is C12H12FNO. The highest BCUT2D eigenvalue weighted by Crippen LogP contribution is 2.32. The van der Waals surface area contributed by atoms with E-state index in [9.17, 15) is 4.39 Å². The zero-order valence-electron chi connectivity index (χ0n) is 8.29. The Morgan fingerprint density at radius 1 is 1.33 bits per heavy atom. The molecule has 1 aliphatic heterocycles. The summed E-state index contributed by atoms with van der Waals surface area (Å²) in [5.74, 6) is 0.170. The van der Waals surface area contributed by atoms with Gasteiger partial charge >= 0.3 is 0 Å². The molecule has 1 atom stereocenters. The van der Waals surface area contributed by atoms with Gasteiger partial charge in [-0.3, -0.25) is 0 Å². The second-order valence-corrected chi connectivity index (χ2v) is 3.98. The Morgan fingerprint density at radius 2 is 2.27 bits per heavy atom. The molecule has 1 N–H and O–H groups in total. The van der Waals surface area contributed by atoms with E-state index in [2.05, 4.69) is 5.32 Å². The lowest BCUT2D eigenvalue weighted by atomic mass is 9.95. The van der Waals surface area contributed by atoms with E-state index in [4.69, 9.17) is 4.42 Å². The molecule has 1 saturated heterocycles. The van der Waals surface area contributed by atoms with Gasteiger partial charge in [0, 0.05) is 23.4 Å². The molecule has 3 rings (SSSR count). The first-order chi connectivity index (χ1) is 7.36. The summed E-state index contributed by atoms with van der Waals surface area (Å²) in [6.07, 6.45) is 2.62. The van der Waals surface area contributed by atoms with Crippen LogP contribution < -0.4 is 5.32 Å². The molecule has 1 aromatic heterocycles. The molecule has 78 valence electrons. The third kappa shape index (κ3) is 1.35. The van der Waals surface area contributed by atoms with Crippen LogP contribution >= 0.6 is 0 Å². The molecule has 1 fully saturated rings. The highest BCUT2D eigenvalue weighted by atomic mass is 19.1. The minimum absolute atomic E-state index is 0.113. The summed E-state index contributed by atoms with van der Waals surface area (Å²) in [5, 5.41) is 4.18. The Kier molecular flexibility index (Phi) is 1.99. The maximum atomic E-state index is 13.8. The van der Waals surface area contributed by atoms with Crippen molar-refractivity contribution in [3.05, 3.63) is 35.8 Å². The van der Waals surface area contributed by atoms with Gasteiger partial charge in [0.15, 0.2) is 0 Å². The van der Waals surface area contributed by atoms with Crippen LogP contribution in [-0.4, -0.2) is 13.1 Å². The fraction of sp³-hybridized carbons (Fsp3) is 0.333. The van der Waals surface area contributed by atoms with Crippen LogP contribution in [0.25, 0.3) is 11.0 Å². The smallest absolute Gasteiger partial charge is 0.134 e. The molecule has 1 aromatic carbocycles. The fourth-order valence-electron chi connectivity index (χ4n) is 2.36. The molecule has 3 heteroatoms. The zero-order valence-corrected chi connectivity index (χ0v) is 8.29. The van der Waals surface area contributed by atoms with Gasteiger partial charge in [0.25, 0.3) is 0 Å². The van der Waals surface area contributed by atoms with Crippen LogP contribution in [0.15, 0.2) is 28.9 Å². The number of nitrogens with one attached hydrogen (secondary N) is 1. The summed E-state index contributed by atoms with van der Waals surface area (Å²) >= 11 is 0. The van der Waals surface area contributed by atoms with Gasteiger partial charge < -0.3 is 9.73 Å². The monoisotopic (exact) mass is 205 g/mol. The first-order valence-corrected chi connectivity index (χ1v) is 5.22. The van der Waals surface area contributed by atoms with Crippen LogP contribution in [0.2, 0.25) is 0 Å². The number of halogens is 1. The van der Waals surface area contributed by atoms with E-state index in [1.54, 1.807) is 12.3 Å². The number of furan rings is 1. The molecular weight excluding hydrogens is 193 g/mol.